The molecule has 0 fully saturated rings. The molecule has 0 atom stereocenters. The molecule has 0 aliphatic rings. The van der Waals surface area contributed by atoms with Gasteiger partial charge in [-0.15, -0.1) is 5.60 Å². The van der Waals surface area contributed by atoms with Crippen molar-refractivity contribution in [1.82, 2.24) is 19.9 Å². The standard InChI is InChI=1S/C14H18N4.C7H10ClN3.C7H9N.C4H9O.Na/c1-10(2)17-13-14(16-8-7-15-13)18-12-6-4-5-11(3)9-12;1-5(2)11-7-6(8)9-3-4-10-7;1-6-3-2-4-7(8)5-6;1-4(2,3)5;/h4-10H,1-3H3,(H,15,17)(H,16,18);3-5H,1-2H3,(H,10,11);2-5H,8H2,1H3;1-3H3;/q;;;-1;+1. The second kappa shape index (κ2) is 20.9. The largest absolute Gasteiger partial charge is 1.00 e. The van der Waals surface area contributed by atoms with Crippen LogP contribution in [-0.4, -0.2) is 37.6 Å². The van der Waals surface area contributed by atoms with Crippen molar-refractivity contribution in [1.29, 1.82) is 0 Å². The number of hydrogen-bond donors (Lipinski definition) is 4. The molecule has 2 aromatic carbocycles. The SMILES string of the molecule is CC(C)(C)[O-].CC(C)Nc1nccnc1Cl.Cc1cccc(N)c1.Cc1cccc(Nc2nccnc2NC(C)C)c1.[Na+]. The predicted molar refractivity (Wildman–Crippen MR) is 176 cm³/mol. The Morgan fingerprint density at radius 2 is 1.16 bits per heavy atom. The monoisotopic (exact) mass is 616 g/mol. The molecule has 43 heavy (non-hydrogen) atoms. The minimum Gasteiger partial charge on any atom is -0.850 e. The van der Waals surface area contributed by atoms with Gasteiger partial charge in [0.1, 0.15) is 0 Å². The van der Waals surface area contributed by atoms with Gasteiger partial charge < -0.3 is 26.8 Å². The summed E-state index contributed by atoms with van der Waals surface area (Å²) in [7, 11) is 0. The smallest absolute Gasteiger partial charge is 0.850 e. The molecular weight excluding hydrogens is 571 g/mol. The number of rotatable bonds is 6. The maximum atomic E-state index is 10.1. The van der Waals surface area contributed by atoms with Crippen molar-refractivity contribution in [2.75, 3.05) is 21.7 Å². The van der Waals surface area contributed by atoms with Crippen LogP contribution in [0.3, 0.4) is 0 Å². The summed E-state index contributed by atoms with van der Waals surface area (Å²) in [6, 6.07) is 16.6. The fraction of sp³-hybridized carbons (Fsp3) is 0.375. The van der Waals surface area contributed by atoms with Crippen LogP contribution >= 0.6 is 11.6 Å². The van der Waals surface area contributed by atoms with Crippen molar-refractivity contribution in [2.45, 2.75) is 80.0 Å². The molecule has 2 aromatic heterocycles. The Balaban J connectivity index is 0.000000604. The topological polar surface area (TPSA) is 137 Å². The average Bonchev–Trinajstić information content (AvgIpc) is 2.86. The molecule has 0 saturated heterocycles. The van der Waals surface area contributed by atoms with Crippen LogP contribution < -0.4 is 56.3 Å². The van der Waals surface area contributed by atoms with E-state index in [0.717, 1.165) is 23.0 Å². The molecule has 2 heterocycles. The van der Waals surface area contributed by atoms with Crippen LogP contribution in [0.5, 0.6) is 0 Å². The molecule has 0 aliphatic heterocycles. The third kappa shape index (κ3) is 20.6. The molecule has 0 aliphatic carbocycles. The van der Waals surface area contributed by atoms with Crippen molar-refractivity contribution in [2.24, 2.45) is 0 Å². The van der Waals surface area contributed by atoms with E-state index in [4.69, 9.17) is 17.3 Å². The van der Waals surface area contributed by atoms with Gasteiger partial charge in [-0.1, -0.05) is 56.6 Å². The van der Waals surface area contributed by atoms with E-state index < -0.39 is 5.60 Å². The number of nitrogen functional groups attached to an aromatic ring is 1. The number of anilines is 5. The summed E-state index contributed by atoms with van der Waals surface area (Å²) >= 11 is 5.73. The number of hydrogen-bond acceptors (Lipinski definition) is 9. The molecule has 0 spiro atoms. The van der Waals surface area contributed by atoms with Crippen LogP contribution in [0.1, 0.15) is 59.6 Å². The van der Waals surface area contributed by atoms with Crippen LogP contribution in [0, 0.1) is 13.8 Å². The van der Waals surface area contributed by atoms with Gasteiger partial charge >= 0.3 is 29.6 Å². The molecule has 5 N–H and O–H groups in total. The van der Waals surface area contributed by atoms with E-state index in [1.54, 1.807) is 45.6 Å². The maximum absolute atomic E-state index is 10.1. The molecule has 11 heteroatoms. The molecule has 0 bridgehead atoms. The van der Waals surface area contributed by atoms with E-state index >= 15 is 0 Å². The summed E-state index contributed by atoms with van der Waals surface area (Å²) in [5.74, 6) is 2.16. The number of nitrogens with one attached hydrogen (secondary N) is 3. The van der Waals surface area contributed by atoms with E-state index in [0.29, 0.717) is 23.1 Å². The Morgan fingerprint density at radius 1 is 0.721 bits per heavy atom. The normalized spacial score (nSPS) is 10.1. The van der Waals surface area contributed by atoms with Crippen LogP contribution in [0.15, 0.2) is 73.3 Å². The predicted octanol–water partition coefficient (Wildman–Crippen LogP) is 4.03. The average molecular weight is 617 g/mol. The van der Waals surface area contributed by atoms with Crippen molar-refractivity contribution in [3.05, 3.63) is 89.6 Å². The third-order valence-electron chi connectivity index (χ3n) is 4.53. The summed E-state index contributed by atoms with van der Waals surface area (Å²) in [6.07, 6.45) is 6.54. The van der Waals surface area contributed by atoms with Gasteiger partial charge in [-0.3, -0.25) is 0 Å². The van der Waals surface area contributed by atoms with E-state index in [1.807, 2.05) is 57.2 Å². The fourth-order valence-corrected chi connectivity index (χ4v) is 3.19. The van der Waals surface area contributed by atoms with Crippen molar-refractivity contribution in [3.63, 3.8) is 0 Å². The number of aryl methyl sites for hydroxylation is 2. The van der Waals surface area contributed by atoms with Crippen LogP contribution in [0.2, 0.25) is 5.15 Å². The second-order valence-electron chi connectivity index (χ2n) is 11.1. The molecule has 9 nitrogen and oxygen atoms in total. The van der Waals surface area contributed by atoms with E-state index in [1.165, 1.54) is 11.1 Å². The van der Waals surface area contributed by atoms with Gasteiger partial charge in [0.05, 0.1) is 0 Å². The second-order valence-corrected chi connectivity index (χ2v) is 11.4. The zero-order valence-electron chi connectivity index (χ0n) is 27.2. The molecule has 0 unspecified atom stereocenters. The number of halogens is 1. The first-order valence-corrected chi connectivity index (χ1v) is 14.2. The molecule has 0 amide bonds. The van der Waals surface area contributed by atoms with Gasteiger partial charge in [0.15, 0.2) is 22.6 Å². The molecular formula is C32H46ClN8NaO. The number of nitrogens with zero attached hydrogens (tertiary/aromatic N) is 4. The summed E-state index contributed by atoms with van der Waals surface area (Å²) in [6.45, 7) is 17.2. The van der Waals surface area contributed by atoms with Crippen LogP contribution in [0.25, 0.3) is 0 Å². The Morgan fingerprint density at radius 3 is 1.60 bits per heavy atom. The Kier molecular flexibility index (Phi) is 19.4. The Labute approximate surface area is 284 Å². The molecule has 0 saturated carbocycles. The van der Waals surface area contributed by atoms with Crippen LogP contribution in [-0.2, 0) is 0 Å². The third-order valence-corrected chi connectivity index (χ3v) is 4.80. The van der Waals surface area contributed by atoms with Gasteiger partial charge in [-0.25, -0.2) is 19.9 Å². The number of benzene rings is 2. The molecule has 4 aromatic rings. The van der Waals surface area contributed by atoms with E-state index in [9.17, 15) is 5.11 Å². The van der Waals surface area contributed by atoms with Gasteiger partial charge in [0.2, 0.25) is 0 Å². The summed E-state index contributed by atoms with van der Waals surface area (Å²) in [5, 5.41) is 20.1. The summed E-state index contributed by atoms with van der Waals surface area (Å²) < 4.78 is 0. The first kappa shape index (κ1) is 40.1. The van der Waals surface area contributed by atoms with Crippen LogP contribution in [0.4, 0.5) is 28.8 Å². The molecule has 228 valence electrons. The Bertz CT molecular complexity index is 1310. The minimum atomic E-state index is -0.750. The van der Waals surface area contributed by atoms with Crippen molar-refractivity contribution in [3.8, 4) is 0 Å². The summed E-state index contributed by atoms with van der Waals surface area (Å²) in [4.78, 5) is 16.5. The quantitative estimate of drug-likeness (QED) is 0.187. The zero-order chi connectivity index (χ0) is 31.7. The number of aromatic nitrogens is 4. The van der Waals surface area contributed by atoms with Gasteiger partial charge in [-0.2, -0.15) is 0 Å². The number of nitrogens with two attached hydrogens (primary N) is 1. The first-order chi connectivity index (χ1) is 19.6. The van der Waals surface area contributed by atoms with Gasteiger partial charge in [0, 0.05) is 48.2 Å². The summed E-state index contributed by atoms with van der Waals surface area (Å²) in [5.41, 5.74) is 8.99. The van der Waals surface area contributed by atoms with E-state index in [-0.39, 0.29) is 29.6 Å². The molecule has 4 rings (SSSR count). The van der Waals surface area contributed by atoms with Crippen molar-refractivity contribution >= 4 is 40.4 Å². The van der Waals surface area contributed by atoms with Gasteiger partial charge in [-0.05, 0) is 76.9 Å². The minimum absolute atomic E-state index is 0. The van der Waals surface area contributed by atoms with Crippen molar-refractivity contribution < 1.29 is 34.7 Å². The van der Waals surface area contributed by atoms with Gasteiger partial charge in [0.25, 0.3) is 0 Å². The maximum Gasteiger partial charge on any atom is 1.00 e. The Hall–Kier alpha value is -2.95. The first-order valence-electron chi connectivity index (χ1n) is 13.8. The molecule has 0 radical (unpaired) electrons. The zero-order valence-corrected chi connectivity index (χ0v) is 30.0. The van der Waals surface area contributed by atoms with E-state index in [2.05, 4.69) is 68.8 Å². The fourth-order valence-electron chi connectivity index (χ4n) is 3.03.